The van der Waals surface area contributed by atoms with Crippen molar-refractivity contribution in [2.24, 2.45) is 0 Å². The van der Waals surface area contributed by atoms with E-state index >= 15 is 0 Å². The number of hydrogen-bond acceptors (Lipinski definition) is 5. The molecule has 0 aliphatic rings. The zero-order valence-electron chi connectivity index (χ0n) is 13.9. The summed E-state index contributed by atoms with van der Waals surface area (Å²) in [4.78, 5) is 21.1. The van der Waals surface area contributed by atoms with Crippen molar-refractivity contribution in [1.29, 1.82) is 0 Å². The van der Waals surface area contributed by atoms with Gasteiger partial charge >= 0.3 is 17.8 Å². The van der Waals surface area contributed by atoms with E-state index in [4.69, 9.17) is 26.2 Å². The number of carbonyl (C=O) groups is 1. The van der Waals surface area contributed by atoms with Gasteiger partial charge in [-0.2, -0.15) is 13.2 Å². The number of carboxylic acids is 1. The minimum absolute atomic E-state index is 0. The number of nitro benzene ring substituents is 1. The predicted molar refractivity (Wildman–Crippen MR) is 87.4 cm³/mol. The molecule has 1 atom stereocenters. The topological polar surface area (TPSA) is 98.9 Å². The van der Waals surface area contributed by atoms with Crippen molar-refractivity contribution < 1.29 is 49.9 Å². The second kappa shape index (κ2) is 8.98. The lowest BCUT2D eigenvalue weighted by molar-refractivity contribution is -0.386. The van der Waals surface area contributed by atoms with E-state index in [1.54, 1.807) is 0 Å². The SMILES string of the molecule is CC(Oc1cc(Oc2ccc(C(F)(F)F)cc2Cl)ccc1[N+](=O)[O-])C(=O)O.[Cl-]. The molecule has 2 rings (SSSR count). The Hall–Kier alpha value is -2.72. The second-order valence-electron chi connectivity index (χ2n) is 5.23. The molecule has 0 aromatic heterocycles. The number of nitrogens with zero attached hydrogens (tertiary/aromatic N) is 1. The fourth-order valence-corrected chi connectivity index (χ4v) is 2.15. The maximum Gasteiger partial charge on any atom is 0.416 e. The summed E-state index contributed by atoms with van der Waals surface area (Å²) in [6.07, 6.45) is -5.96. The van der Waals surface area contributed by atoms with Gasteiger partial charge in [-0.1, -0.05) is 11.6 Å². The standard InChI is InChI=1S/C16H11ClF3NO6.ClH/c1-8(15(22)23)26-14-7-10(3-4-12(14)21(24)25)27-13-5-2-9(6-11(13)17)16(18,19)20;/h2-8H,1H3,(H,22,23);1H/p-1. The van der Waals surface area contributed by atoms with E-state index in [9.17, 15) is 28.1 Å². The van der Waals surface area contributed by atoms with E-state index in [-0.39, 0.29) is 34.7 Å². The minimum atomic E-state index is -4.58. The fraction of sp³-hybridized carbons (Fsp3) is 0.188. The lowest BCUT2D eigenvalue weighted by atomic mass is 10.2. The highest BCUT2D eigenvalue weighted by atomic mass is 35.5. The van der Waals surface area contributed by atoms with Crippen molar-refractivity contribution in [3.05, 3.63) is 57.1 Å². The Balaban J connectivity index is 0.00000392. The average molecular weight is 441 g/mol. The number of halogens is 5. The lowest BCUT2D eigenvalue weighted by Gasteiger charge is -2.13. The van der Waals surface area contributed by atoms with Gasteiger partial charge in [0.1, 0.15) is 11.5 Å². The van der Waals surface area contributed by atoms with Crippen LogP contribution in [0.3, 0.4) is 0 Å². The van der Waals surface area contributed by atoms with Crippen LogP contribution in [-0.4, -0.2) is 22.1 Å². The Morgan fingerprint density at radius 1 is 1.21 bits per heavy atom. The van der Waals surface area contributed by atoms with Crippen LogP contribution in [0.1, 0.15) is 12.5 Å². The monoisotopic (exact) mass is 440 g/mol. The van der Waals surface area contributed by atoms with Crippen LogP contribution >= 0.6 is 11.6 Å². The van der Waals surface area contributed by atoms with Crippen LogP contribution in [0.5, 0.6) is 17.2 Å². The Labute approximate surface area is 167 Å². The molecule has 0 heterocycles. The van der Waals surface area contributed by atoms with E-state index in [1.165, 1.54) is 13.0 Å². The predicted octanol–water partition coefficient (Wildman–Crippen LogP) is 1.92. The Morgan fingerprint density at radius 2 is 1.86 bits per heavy atom. The van der Waals surface area contributed by atoms with E-state index < -0.39 is 34.4 Å². The summed E-state index contributed by atoms with van der Waals surface area (Å²) in [5.74, 6) is -1.90. The molecule has 0 spiro atoms. The first-order valence-electron chi connectivity index (χ1n) is 7.21. The Bertz CT molecular complexity index is 891. The third-order valence-corrected chi connectivity index (χ3v) is 3.56. The number of carboxylic acid groups (broad SMARTS) is 1. The number of aliphatic carboxylic acids is 1. The van der Waals surface area contributed by atoms with Crippen molar-refractivity contribution in [2.45, 2.75) is 19.2 Å². The largest absolute Gasteiger partial charge is 1.00 e. The summed E-state index contributed by atoms with van der Waals surface area (Å²) in [6.45, 7) is 1.17. The highest BCUT2D eigenvalue weighted by molar-refractivity contribution is 6.32. The molecule has 1 N–H and O–H groups in total. The minimum Gasteiger partial charge on any atom is -1.00 e. The van der Waals surface area contributed by atoms with Gasteiger partial charge in [-0.05, 0) is 31.2 Å². The van der Waals surface area contributed by atoms with Gasteiger partial charge < -0.3 is 27.0 Å². The van der Waals surface area contributed by atoms with Gasteiger partial charge in [0.15, 0.2) is 6.10 Å². The molecule has 0 saturated carbocycles. The first-order chi connectivity index (χ1) is 12.5. The maximum atomic E-state index is 12.7. The second-order valence-corrected chi connectivity index (χ2v) is 5.64. The molecule has 0 aliphatic heterocycles. The molecular formula is C16H11Cl2F3NO6-. The van der Waals surface area contributed by atoms with Crippen LogP contribution in [0, 0.1) is 10.1 Å². The van der Waals surface area contributed by atoms with Gasteiger partial charge in [-0.15, -0.1) is 0 Å². The first kappa shape index (κ1) is 23.3. The molecule has 7 nitrogen and oxygen atoms in total. The molecule has 0 amide bonds. The molecule has 0 fully saturated rings. The first-order valence-corrected chi connectivity index (χ1v) is 7.59. The van der Waals surface area contributed by atoms with Crippen LogP contribution in [0.2, 0.25) is 5.02 Å². The molecule has 12 heteroatoms. The summed E-state index contributed by atoms with van der Waals surface area (Å²) in [6, 6.07) is 5.66. The van der Waals surface area contributed by atoms with Crippen molar-refractivity contribution in [3.63, 3.8) is 0 Å². The number of rotatable bonds is 6. The maximum absolute atomic E-state index is 12.7. The van der Waals surface area contributed by atoms with Crippen LogP contribution in [0.25, 0.3) is 0 Å². The van der Waals surface area contributed by atoms with Crippen LogP contribution in [-0.2, 0) is 11.0 Å². The molecule has 1 unspecified atom stereocenters. The van der Waals surface area contributed by atoms with Gasteiger partial charge in [-0.3, -0.25) is 10.1 Å². The quantitative estimate of drug-likeness (QED) is 0.544. The number of hydrogen-bond donors (Lipinski definition) is 1. The van der Waals surface area contributed by atoms with Crippen LogP contribution < -0.4 is 21.9 Å². The zero-order chi connectivity index (χ0) is 20.4. The van der Waals surface area contributed by atoms with Crippen molar-refractivity contribution in [2.75, 3.05) is 0 Å². The molecule has 0 bridgehead atoms. The summed E-state index contributed by atoms with van der Waals surface area (Å²) >= 11 is 5.79. The van der Waals surface area contributed by atoms with E-state index in [1.807, 2.05) is 0 Å². The molecule has 2 aromatic rings. The smallest absolute Gasteiger partial charge is 0.416 e. The zero-order valence-corrected chi connectivity index (χ0v) is 15.4. The molecule has 0 saturated heterocycles. The summed E-state index contributed by atoms with van der Waals surface area (Å²) in [5, 5.41) is 19.6. The van der Waals surface area contributed by atoms with Gasteiger partial charge in [0, 0.05) is 12.1 Å². The van der Waals surface area contributed by atoms with Crippen LogP contribution in [0.15, 0.2) is 36.4 Å². The number of ether oxygens (including phenoxy) is 2. The van der Waals surface area contributed by atoms with E-state index in [0.29, 0.717) is 6.07 Å². The summed E-state index contributed by atoms with van der Waals surface area (Å²) < 4.78 is 48.4. The molecule has 28 heavy (non-hydrogen) atoms. The molecule has 152 valence electrons. The van der Waals surface area contributed by atoms with Crippen molar-refractivity contribution >= 4 is 23.3 Å². The van der Waals surface area contributed by atoms with Gasteiger partial charge in [0.2, 0.25) is 5.75 Å². The molecule has 2 aromatic carbocycles. The average Bonchev–Trinajstić information content (AvgIpc) is 2.55. The highest BCUT2D eigenvalue weighted by Crippen LogP contribution is 2.38. The lowest BCUT2D eigenvalue weighted by Crippen LogP contribution is -3.00. The van der Waals surface area contributed by atoms with Gasteiger partial charge in [-0.25, -0.2) is 4.79 Å². The van der Waals surface area contributed by atoms with E-state index in [2.05, 4.69) is 0 Å². The normalized spacial score (nSPS) is 11.9. The molecular weight excluding hydrogens is 430 g/mol. The van der Waals surface area contributed by atoms with Gasteiger partial charge in [0.25, 0.3) is 0 Å². The number of nitro groups is 1. The van der Waals surface area contributed by atoms with E-state index in [0.717, 1.165) is 24.3 Å². The summed E-state index contributed by atoms with van der Waals surface area (Å²) in [5.41, 5.74) is -1.48. The number of alkyl halides is 3. The highest BCUT2D eigenvalue weighted by Gasteiger charge is 2.31. The molecule has 0 aliphatic carbocycles. The third-order valence-electron chi connectivity index (χ3n) is 3.27. The molecule has 0 radical (unpaired) electrons. The van der Waals surface area contributed by atoms with Gasteiger partial charge in [0.05, 0.1) is 15.5 Å². The Kier molecular flexibility index (Phi) is 7.48. The summed E-state index contributed by atoms with van der Waals surface area (Å²) in [7, 11) is 0. The van der Waals surface area contributed by atoms with Crippen molar-refractivity contribution in [3.8, 4) is 17.2 Å². The number of benzene rings is 2. The van der Waals surface area contributed by atoms with Crippen LogP contribution in [0.4, 0.5) is 18.9 Å². The Morgan fingerprint density at radius 3 is 2.36 bits per heavy atom. The fourth-order valence-electron chi connectivity index (χ4n) is 1.93. The van der Waals surface area contributed by atoms with Crippen molar-refractivity contribution in [1.82, 2.24) is 0 Å². The third kappa shape index (κ3) is 5.64.